The Morgan fingerprint density at radius 2 is 1.62 bits per heavy atom. The molecule has 126 valence electrons. The summed E-state index contributed by atoms with van der Waals surface area (Å²) in [5, 5.41) is 2.73. The van der Waals surface area contributed by atoms with E-state index in [1.807, 2.05) is 75.4 Å². The Hall–Kier alpha value is -2.62. The third-order valence-corrected chi connectivity index (χ3v) is 3.97. The van der Waals surface area contributed by atoms with Crippen molar-refractivity contribution in [1.82, 2.24) is 10.2 Å². The lowest BCUT2D eigenvalue weighted by molar-refractivity contribution is -0.147. The zero-order chi connectivity index (χ0) is 17.5. The first-order valence-electron chi connectivity index (χ1n) is 8.16. The van der Waals surface area contributed by atoms with E-state index in [4.69, 9.17) is 0 Å². The number of aryl methyl sites for hydroxylation is 1. The number of nitrogens with one attached hydrogen (secondary N) is 1. The molecule has 1 N–H and O–H groups in total. The molecule has 0 fully saturated rings. The van der Waals surface area contributed by atoms with Crippen molar-refractivity contribution in [3.05, 3.63) is 71.3 Å². The second-order valence-electron chi connectivity index (χ2n) is 6.12. The number of amides is 2. The fraction of sp³-hybridized carbons (Fsp3) is 0.300. The topological polar surface area (TPSA) is 49.4 Å². The van der Waals surface area contributed by atoms with E-state index in [1.54, 1.807) is 4.90 Å². The smallest absolute Gasteiger partial charge is 0.312 e. The van der Waals surface area contributed by atoms with Crippen LogP contribution in [0.1, 0.15) is 30.5 Å². The average Bonchev–Trinajstić information content (AvgIpc) is 2.58. The van der Waals surface area contributed by atoms with Crippen molar-refractivity contribution in [3.63, 3.8) is 0 Å². The van der Waals surface area contributed by atoms with Gasteiger partial charge in [-0.3, -0.25) is 9.59 Å². The molecule has 0 saturated heterocycles. The molecule has 2 amide bonds. The van der Waals surface area contributed by atoms with Crippen molar-refractivity contribution in [2.45, 2.75) is 39.9 Å². The first-order chi connectivity index (χ1) is 11.5. The summed E-state index contributed by atoms with van der Waals surface area (Å²) in [5.41, 5.74) is 3.11. The molecule has 2 aromatic carbocycles. The molecule has 0 aliphatic heterocycles. The van der Waals surface area contributed by atoms with Gasteiger partial charge in [-0.15, -0.1) is 0 Å². The summed E-state index contributed by atoms with van der Waals surface area (Å²) in [7, 11) is 0. The molecule has 2 aromatic rings. The standard InChI is InChI=1S/C20H24N2O2/c1-15(2)22(14-17-10-5-4-6-11-17)20(24)19(23)21-13-18-12-8-7-9-16(18)3/h4-12,15H,13-14H2,1-3H3,(H,21,23). The highest BCUT2D eigenvalue weighted by molar-refractivity contribution is 6.35. The highest BCUT2D eigenvalue weighted by atomic mass is 16.2. The fourth-order valence-corrected chi connectivity index (χ4v) is 2.46. The second kappa shape index (κ2) is 8.29. The lowest BCUT2D eigenvalue weighted by Crippen LogP contribution is -2.45. The minimum Gasteiger partial charge on any atom is -0.344 e. The SMILES string of the molecule is Cc1ccccc1CNC(=O)C(=O)N(Cc1ccccc1)C(C)C. The van der Waals surface area contributed by atoms with E-state index < -0.39 is 11.8 Å². The molecule has 24 heavy (non-hydrogen) atoms. The number of carbonyl (C=O) groups excluding carboxylic acids is 2. The molecule has 0 aliphatic carbocycles. The van der Waals surface area contributed by atoms with Crippen LogP contribution in [0.2, 0.25) is 0 Å². The molecule has 4 nitrogen and oxygen atoms in total. The fourth-order valence-electron chi connectivity index (χ4n) is 2.46. The number of nitrogens with zero attached hydrogens (tertiary/aromatic N) is 1. The van der Waals surface area contributed by atoms with E-state index in [-0.39, 0.29) is 6.04 Å². The van der Waals surface area contributed by atoms with Gasteiger partial charge in [-0.25, -0.2) is 0 Å². The van der Waals surface area contributed by atoms with Crippen molar-refractivity contribution >= 4 is 11.8 Å². The van der Waals surface area contributed by atoms with Crippen molar-refractivity contribution in [1.29, 1.82) is 0 Å². The molecule has 0 radical (unpaired) electrons. The summed E-state index contributed by atoms with van der Waals surface area (Å²) in [4.78, 5) is 26.4. The Labute approximate surface area is 143 Å². The van der Waals surface area contributed by atoms with Gasteiger partial charge in [0.1, 0.15) is 0 Å². The third-order valence-electron chi connectivity index (χ3n) is 3.97. The highest BCUT2D eigenvalue weighted by Gasteiger charge is 2.24. The minimum absolute atomic E-state index is 0.0538. The largest absolute Gasteiger partial charge is 0.344 e. The molecule has 2 rings (SSSR count). The number of hydrogen-bond acceptors (Lipinski definition) is 2. The van der Waals surface area contributed by atoms with Crippen LogP contribution in [0.3, 0.4) is 0 Å². The van der Waals surface area contributed by atoms with Gasteiger partial charge in [0.15, 0.2) is 0 Å². The quantitative estimate of drug-likeness (QED) is 0.860. The van der Waals surface area contributed by atoms with Gasteiger partial charge in [-0.2, -0.15) is 0 Å². The van der Waals surface area contributed by atoms with Crippen LogP contribution < -0.4 is 5.32 Å². The first kappa shape index (κ1) is 17.7. The predicted octanol–water partition coefficient (Wildman–Crippen LogP) is 3.05. The van der Waals surface area contributed by atoms with Crippen LogP contribution >= 0.6 is 0 Å². The van der Waals surface area contributed by atoms with Gasteiger partial charge in [-0.05, 0) is 37.5 Å². The predicted molar refractivity (Wildman–Crippen MR) is 95.2 cm³/mol. The third kappa shape index (κ3) is 4.69. The molecule has 0 heterocycles. The summed E-state index contributed by atoms with van der Waals surface area (Å²) < 4.78 is 0. The Bertz CT molecular complexity index is 696. The highest BCUT2D eigenvalue weighted by Crippen LogP contribution is 2.10. The van der Waals surface area contributed by atoms with Crippen LogP contribution in [0.15, 0.2) is 54.6 Å². The first-order valence-corrected chi connectivity index (χ1v) is 8.16. The van der Waals surface area contributed by atoms with E-state index in [0.29, 0.717) is 13.1 Å². The van der Waals surface area contributed by atoms with Crippen LogP contribution in [0.4, 0.5) is 0 Å². The monoisotopic (exact) mass is 324 g/mol. The summed E-state index contributed by atoms with van der Waals surface area (Å²) in [6, 6.07) is 17.4. The van der Waals surface area contributed by atoms with Gasteiger partial charge >= 0.3 is 11.8 Å². The zero-order valence-electron chi connectivity index (χ0n) is 14.5. The molecule has 0 saturated carbocycles. The molecule has 4 heteroatoms. The Morgan fingerprint density at radius 3 is 2.25 bits per heavy atom. The van der Waals surface area contributed by atoms with Crippen LogP contribution in [-0.2, 0) is 22.7 Å². The maximum atomic E-state index is 12.5. The van der Waals surface area contributed by atoms with Crippen LogP contribution in [0, 0.1) is 6.92 Å². The van der Waals surface area contributed by atoms with Gasteiger partial charge in [0.2, 0.25) is 0 Å². The summed E-state index contributed by atoms with van der Waals surface area (Å²) in [6.45, 7) is 6.59. The normalized spacial score (nSPS) is 10.5. The average molecular weight is 324 g/mol. The molecule has 0 bridgehead atoms. The minimum atomic E-state index is -0.567. The Morgan fingerprint density at radius 1 is 1.00 bits per heavy atom. The van der Waals surface area contributed by atoms with E-state index >= 15 is 0 Å². The maximum absolute atomic E-state index is 12.5. The van der Waals surface area contributed by atoms with Crippen molar-refractivity contribution in [2.24, 2.45) is 0 Å². The lowest BCUT2D eigenvalue weighted by Gasteiger charge is -2.26. The molecular weight excluding hydrogens is 300 g/mol. The van der Waals surface area contributed by atoms with E-state index in [1.165, 1.54) is 0 Å². The van der Waals surface area contributed by atoms with Crippen LogP contribution in [0.5, 0.6) is 0 Å². The lowest BCUT2D eigenvalue weighted by atomic mass is 10.1. The van der Waals surface area contributed by atoms with Gasteiger partial charge < -0.3 is 10.2 Å². The maximum Gasteiger partial charge on any atom is 0.312 e. The zero-order valence-corrected chi connectivity index (χ0v) is 14.5. The Kier molecular flexibility index (Phi) is 6.13. The van der Waals surface area contributed by atoms with Gasteiger partial charge in [0, 0.05) is 19.1 Å². The van der Waals surface area contributed by atoms with E-state index in [2.05, 4.69) is 5.32 Å². The van der Waals surface area contributed by atoms with Gasteiger partial charge in [0.05, 0.1) is 0 Å². The molecule has 0 spiro atoms. The van der Waals surface area contributed by atoms with E-state index in [9.17, 15) is 9.59 Å². The summed E-state index contributed by atoms with van der Waals surface area (Å²) in [5.74, 6) is -1.06. The number of carbonyl (C=O) groups is 2. The van der Waals surface area contributed by atoms with Crippen molar-refractivity contribution in [2.75, 3.05) is 0 Å². The molecule has 0 aliphatic rings. The summed E-state index contributed by atoms with van der Waals surface area (Å²) >= 11 is 0. The van der Waals surface area contributed by atoms with Gasteiger partial charge in [-0.1, -0.05) is 54.6 Å². The van der Waals surface area contributed by atoms with E-state index in [0.717, 1.165) is 16.7 Å². The summed E-state index contributed by atoms with van der Waals surface area (Å²) in [6.07, 6.45) is 0. The number of benzene rings is 2. The second-order valence-corrected chi connectivity index (χ2v) is 6.12. The number of rotatable bonds is 5. The van der Waals surface area contributed by atoms with Crippen LogP contribution in [-0.4, -0.2) is 22.8 Å². The van der Waals surface area contributed by atoms with Gasteiger partial charge in [0.25, 0.3) is 0 Å². The molecule has 0 unspecified atom stereocenters. The molecular formula is C20H24N2O2. The van der Waals surface area contributed by atoms with Crippen molar-refractivity contribution < 1.29 is 9.59 Å². The number of hydrogen-bond donors (Lipinski definition) is 1. The van der Waals surface area contributed by atoms with Crippen LogP contribution in [0.25, 0.3) is 0 Å². The molecule has 0 atom stereocenters. The van der Waals surface area contributed by atoms with Crippen molar-refractivity contribution in [3.8, 4) is 0 Å². The Balaban J connectivity index is 2.01. The molecule has 0 aromatic heterocycles.